The number of rotatable bonds is 8. The quantitative estimate of drug-likeness (QED) is 0.144. The molecule has 5 rings (SSSR count). The van der Waals surface area contributed by atoms with Crippen molar-refractivity contribution in [3.8, 4) is 0 Å². The highest BCUT2D eigenvalue weighted by Gasteiger charge is 2.46. The first kappa shape index (κ1) is 23.7. The fourth-order valence-corrected chi connectivity index (χ4v) is 5.58. The maximum Gasteiger partial charge on any atom is 0.255 e. The van der Waals surface area contributed by atoms with Crippen molar-refractivity contribution in [2.24, 2.45) is 5.92 Å². The predicted molar refractivity (Wildman–Crippen MR) is 144 cm³/mol. The van der Waals surface area contributed by atoms with E-state index in [0.717, 1.165) is 41.4 Å². The molecule has 0 aliphatic carbocycles. The fourth-order valence-electron chi connectivity index (χ4n) is 4.69. The Bertz CT molecular complexity index is 1070. The minimum absolute atomic E-state index is 0.274. The molecule has 0 N–H and O–H groups in total. The molecule has 1 aliphatic heterocycles. The summed E-state index contributed by atoms with van der Waals surface area (Å²) >= 11 is 1.82. The van der Waals surface area contributed by atoms with E-state index in [0.29, 0.717) is 0 Å². The number of benzene rings is 4. The second-order valence-electron chi connectivity index (χ2n) is 9.04. The molecule has 1 heterocycles. The summed E-state index contributed by atoms with van der Waals surface area (Å²) in [4.78, 5) is 1.26. The van der Waals surface area contributed by atoms with Crippen molar-refractivity contribution in [3.05, 3.63) is 144 Å². The van der Waals surface area contributed by atoms with Gasteiger partial charge >= 0.3 is 0 Å². The molecule has 1 aliphatic rings. The third kappa shape index (κ3) is 5.33. The number of thioether (sulfide) groups is 1. The van der Waals surface area contributed by atoms with Crippen LogP contribution in [0.3, 0.4) is 0 Å². The largest absolute Gasteiger partial charge is 0.327 e. The third-order valence-electron chi connectivity index (χ3n) is 6.60. The zero-order chi connectivity index (χ0) is 23.9. The Morgan fingerprint density at radius 1 is 0.743 bits per heavy atom. The van der Waals surface area contributed by atoms with Crippen molar-refractivity contribution in [1.82, 2.24) is 0 Å². The molecule has 0 spiro atoms. The van der Waals surface area contributed by atoms with E-state index in [1.807, 2.05) is 11.8 Å². The molecule has 2 atom stereocenters. The Labute approximate surface area is 213 Å². The Morgan fingerprint density at radius 2 is 1.20 bits per heavy atom. The average molecular weight is 480 g/mol. The van der Waals surface area contributed by atoms with Crippen LogP contribution in [-0.4, -0.2) is 12.0 Å². The lowest BCUT2D eigenvalue weighted by Crippen LogP contribution is -2.42. The summed E-state index contributed by atoms with van der Waals surface area (Å²) in [5.74, 6) is 1.11. The normalized spacial score (nSPS) is 18.4. The second kappa shape index (κ2) is 11.2. The Kier molecular flexibility index (Phi) is 7.58. The summed E-state index contributed by atoms with van der Waals surface area (Å²) in [6.45, 7) is 2.23. The van der Waals surface area contributed by atoms with Crippen molar-refractivity contribution in [2.75, 3.05) is 5.75 Å². The standard InChI is InChI=1S/C32H31O2S/c1-25-22-23-29(24-35-30-20-12-5-13-21-30)33-31(25)34-32(26-14-6-2-7-15-26,27-16-8-3-9-17-27)28-18-10-4-11-19-28/h2-21,25,31H,22-24H2,1H3/q+1. The van der Waals surface area contributed by atoms with Gasteiger partial charge in [-0.05, 0) is 35.2 Å². The van der Waals surface area contributed by atoms with Crippen LogP contribution in [0.1, 0.15) is 36.5 Å². The third-order valence-corrected chi connectivity index (χ3v) is 7.67. The van der Waals surface area contributed by atoms with Crippen molar-refractivity contribution < 1.29 is 9.47 Å². The molecule has 0 bridgehead atoms. The average Bonchev–Trinajstić information content (AvgIpc) is 2.94. The summed E-state index contributed by atoms with van der Waals surface area (Å²) in [5, 5.41) is 0. The van der Waals surface area contributed by atoms with Gasteiger partial charge < -0.3 is 4.74 Å². The summed E-state index contributed by atoms with van der Waals surface area (Å²) in [7, 11) is 0. The van der Waals surface area contributed by atoms with Crippen molar-refractivity contribution >= 4 is 11.8 Å². The molecule has 0 amide bonds. The Hall–Kier alpha value is -2.98. The monoisotopic (exact) mass is 479 g/mol. The van der Waals surface area contributed by atoms with Gasteiger partial charge in [0.05, 0.1) is 0 Å². The molecule has 2 unspecified atom stereocenters. The van der Waals surface area contributed by atoms with Gasteiger partial charge in [0.25, 0.3) is 6.10 Å². The number of ether oxygens (including phenoxy) is 2. The molecule has 176 valence electrons. The molecule has 35 heavy (non-hydrogen) atoms. The van der Waals surface area contributed by atoms with Crippen LogP contribution in [0.25, 0.3) is 0 Å². The Balaban J connectivity index is 1.49. The van der Waals surface area contributed by atoms with Crippen LogP contribution in [0, 0.1) is 12.0 Å². The van der Waals surface area contributed by atoms with Crippen LogP contribution < -0.4 is 0 Å². The van der Waals surface area contributed by atoms with Gasteiger partial charge in [-0.2, -0.15) is 4.74 Å². The molecule has 4 aromatic carbocycles. The van der Waals surface area contributed by atoms with E-state index in [1.165, 1.54) is 4.90 Å². The molecule has 2 nitrogen and oxygen atoms in total. The lowest BCUT2D eigenvalue weighted by molar-refractivity contribution is -0.222. The number of hydrogen-bond donors (Lipinski definition) is 0. The van der Waals surface area contributed by atoms with Crippen LogP contribution in [0.5, 0.6) is 0 Å². The maximum atomic E-state index is 7.18. The van der Waals surface area contributed by atoms with Crippen LogP contribution >= 0.6 is 11.8 Å². The van der Waals surface area contributed by atoms with E-state index in [1.54, 1.807) is 0 Å². The van der Waals surface area contributed by atoms with Gasteiger partial charge in [-0.25, -0.2) is 0 Å². The lowest BCUT2D eigenvalue weighted by Gasteiger charge is -2.40. The summed E-state index contributed by atoms with van der Waals surface area (Å²) in [5.41, 5.74) is 2.51. The van der Waals surface area contributed by atoms with Crippen LogP contribution in [0.15, 0.2) is 126 Å². The molecule has 0 aromatic heterocycles. The molecule has 1 fully saturated rings. The second-order valence-corrected chi connectivity index (χ2v) is 10.1. The molecule has 0 saturated carbocycles. The highest BCUT2D eigenvalue weighted by Crippen LogP contribution is 2.44. The highest BCUT2D eigenvalue weighted by molar-refractivity contribution is 7.99. The zero-order valence-electron chi connectivity index (χ0n) is 20.0. The summed E-state index contributed by atoms with van der Waals surface area (Å²) in [6, 6.07) is 42.1. The topological polar surface area (TPSA) is 18.5 Å². The van der Waals surface area contributed by atoms with Gasteiger partial charge in [-0.1, -0.05) is 128 Å². The molecule has 1 saturated heterocycles. The van der Waals surface area contributed by atoms with E-state index < -0.39 is 5.60 Å². The summed E-state index contributed by atoms with van der Waals surface area (Å²) < 4.78 is 13.8. The minimum Gasteiger partial charge on any atom is -0.327 e. The van der Waals surface area contributed by atoms with Crippen molar-refractivity contribution in [2.45, 2.75) is 36.6 Å². The molecular weight excluding hydrogens is 448 g/mol. The fraction of sp³-hybridized carbons (Fsp3) is 0.219. The lowest BCUT2D eigenvalue weighted by atomic mass is 9.79. The first-order valence-corrected chi connectivity index (χ1v) is 13.3. The van der Waals surface area contributed by atoms with E-state index in [9.17, 15) is 0 Å². The first-order chi connectivity index (χ1) is 17.3. The van der Waals surface area contributed by atoms with Gasteiger partial charge in [0.1, 0.15) is 12.0 Å². The van der Waals surface area contributed by atoms with E-state index in [-0.39, 0.29) is 12.2 Å². The smallest absolute Gasteiger partial charge is 0.255 e. The van der Waals surface area contributed by atoms with E-state index in [2.05, 4.69) is 128 Å². The first-order valence-electron chi connectivity index (χ1n) is 12.3. The van der Waals surface area contributed by atoms with E-state index in [4.69, 9.17) is 9.47 Å². The predicted octanol–water partition coefficient (Wildman–Crippen LogP) is 8.09. The highest BCUT2D eigenvalue weighted by atomic mass is 32.2. The summed E-state index contributed by atoms with van der Waals surface area (Å²) in [6.07, 6.45) is 2.76. The molecule has 0 radical (unpaired) electrons. The SMILES string of the molecule is CC1CC[C+](CSc2ccccc2)OC1OC(c1ccccc1)(c1ccccc1)c1ccccc1. The van der Waals surface area contributed by atoms with Crippen molar-refractivity contribution in [3.63, 3.8) is 0 Å². The van der Waals surface area contributed by atoms with Crippen LogP contribution in [0.4, 0.5) is 0 Å². The Morgan fingerprint density at radius 3 is 1.69 bits per heavy atom. The van der Waals surface area contributed by atoms with Gasteiger partial charge in [0.15, 0.2) is 5.75 Å². The van der Waals surface area contributed by atoms with Gasteiger partial charge in [-0.15, -0.1) is 0 Å². The van der Waals surface area contributed by atoms with Gasteiger partial charge in [-0.3, -0.25) is 0 Å². The number of hydrogen-bond acceptors (Lipinski definition) is 3. The molecule has 4 aromatic rings. The maximum absolute atomic E-state index is 7.18. The molecular formula is C32H31O2S+. The minimum atomic E-state index is -0.780. The van der Waals surface area contributed by atoms with E-state index >= 15 is 0 Å². The van der Waals surface area contributed by atoms with Crippen LogP contribution in [0.2, 0.25) is 0 Å². The van der Waals surface area contributed by atoms with Gasteiger partial charge in [0, 0.05) is 10.8 Å². The van der Waals surface area contributed by atoms with Crippen LogP contribution in [-0.2, 0) is 15.1 Å². The van der Waals surface area contributed by atoms with Gasteiger partial charge in [0.2, 0.25) is 6.29 Å². The molecule has 3 heteroatoms. The van der Waals surface area contributed by atoms with Crippen molar-refractivity contribution in [1.29, 1.82) is 0 Å². The zero-order valence-corrected chi connectivity index (χ0v) is 20.9.